The van der Waals surface area contributed by atoms with Gasteiger partial charge in [0.15, 0.2) is 0 Å². The second-order valence-corrected chi connectivity index (χ2v) is 11.6. The summed E-state index contributed by atoms with van der Waals surface area (Å²) >= 11 is 0. The highest BCUT2D eigenvalue weighted by Crippen LogP contribution is 2.19. The van der Waals surface area contributed by atoms with E-state index < -0.39 is 8.80 Å². The van der Waals surface area contributed by atoms with E-state index in [1.807, 2.05) is 0 Å². The van der Waals surface area contributed by atoms with Crippen molar-refractivity contribution < 1.29 is 13.3 Å². The Morgan fingerprint density at radius 1 is 0.621 bits per heavy atom. The summed E-state index contributed by atoms with van der Waals surface area (Å²) in [6.07, 6.45) is 30.2. The van der Waals surface area contributed by atoms with Gasteiger partial charge in [0.05, 0.1) is 0 Å². The molecule has 0 unspecified atom stereocenters. The maximum atomic E-state index is 5.47. The lowest BCUT2D eigenvalue weighted by Gasteiger charge is -2.24. The molecule has 0 saturated carbocycles. The summed E-state index contributed by atoms with van der Waals surface area (Å²) in [7, 11) is 2.77. The van der Waals surface area contributed by atoms with Gasteiger partial charge < -0.3 is 13.3 Å². The minimum absolute atomic E-state index is 0.936. The zero-order valence-electron chi connectivity index (χ0n) is 19.7. The first-order valence-corrected chi connectivity index (χ1v) is 14.2. The van der Waals surface area contributed by atoms with Crippen LogP contribution < -0.4 is 0 Å². The van der Waals surface area contributed by atoms with Crippen LogP contribution in [0.2, 0.25) is 6.04 Å². The summed E-state index contributed by atoms with van der Waals surface area (Å²) in [5.74, 6) is 0. The van der Waals surface area contributed by atoms with Gasteiger partial charge in [-0.15, -0.1) is 0 Å². The van der Waals surface area contributed by atoms with E-state index in [0.717, 1.165) is 18.9 Å². The maximum Gasteiger partial charge on any atom is 0.500 e. The lowest BCUT2D eigenvalue weighted by molar-refractivity contribution is 0.122. The Morgan fingerprint density at radius 3 is 1.41 bits per heavy atom. The summed E-state index contributed by atoms with van der Waals surface area (Å²) in [6.45, 7) is 0. The summed E-state index contributed by atoms with van der Waals surface area (Å²) in [5.41, 5.74) is 1.57. The van der Waals surface area contributed by atoms with E-state index >= 15 is 0 Å². The highest BCUT2D eigenvalue weighted by atomic mass is 28.4. The van der Waals surface area contributed by atoms with Crippen molar-refractivity contribution in [2.75, 3.05) is 21.3 Å². The summed E-state index contributed by atoms with van der Waals surface area (Å²) in [4.78, 5) is 0. The van der Waals surface area contributed by atoms with Crippen molar-refractivity contribution in [1.82, 2.24) is 0 Å². The lowest BCUT2D eigenvalue weighted by atomic mass is 10.0. The molecule has 4 heteroatoms. The quantitative estimate of drug-likeness (QED) is 0.138. The SMILES string of the molecule is CO[Si](CCCCCCCCCCCCCCCCCC1=CCC=C1)(OC)OC. The molecule has 0 atom stereocenters. The van der Waals surface area contributed by atoms with Crippen LogP contribution in [0.25, 0.3) is 0 Å². The molecule has 3 nitrogen and oxygen atoms in total. The summed E-state index contributed by atoms with van der Waals surface area (Å²) < 4.78 is 16.4. The first kappa shape index (κ1) is 26.6. The Morgan fingerprint density at radius 2 is 1.03 bits per heavy atom. The van der Waals surface area contributed by atoms with Gasteiger partial charge in [-0.1, -0.05) is 107 Å². The number of hydrogen-bond acceptors (Lipinski definition) is 3. The van der Waals surface area contributed by atoms with Crippen LogP contribution in [0.4, 0.5) is 0 Å². The Hall–Kier alpha value is -0.423. The molecule has 0 aromatic heterocycles. The second kappa shape index (κ2) is 18.4. The van der Waals surface area contributed by atoms with Gasteiger partial charge in [0.2, 0.25) is 0 Å². The molecule has 1 rings (SSSR count). The normalized spacial score (nSPS) is 14.0. The van der Waals surface area contributed by atoms with Crippen LogP contribution in [-0.4, -0.2) is 30.1 Å². The molecule has 0 amide bonds. The molecule has 0 saturated heterocycles. The van der Waals surface area contributed by atoms with Crippen molar-refractivity contribution in [3.63, 3.8) is 0 Å². The molecule has 0 fully saturated rings. The average molecular weight is 425 g/mol. The van der Waals surface area contributed by atoms with Crippen LogP contribution in [-0.2, 0) is 13.3 Å². The largest absolute Gasteiger partial charge is 0.500 e. The minimum Gasteiger partial charge on any atom is -0.377 e. The molecule has 0 aromatic rings. The van der Waals surface area contributed by atoms with Gasteiger partial charge >= 0.3 is 8.80 Å². The predicted molar refractivity (Wildman–Crippen MR) is 127 cm³/mol. The first-order valence-electron chi connectivity index (χ1n) is 12.3. The molecule has 170 valence electrons. The number of rotatable bonds is 21. The van der Waals surface area contributed by atoms with Crippen LogP contribution in [0.3, 0.4) is 0 Å². The fourth-order valence-electron chi connectivity index (χ4n) is 4.22. The van der Waals surface area contributed by atoms with Crippen molar-refractivity contribution in [3.05, 3.63) is 23.8 Å². The average Bonchev–Trinajstić information content (AvgIpc) is 3.27. The van der Waals surface area contributed by atoms with Crippen molar-refractivity contribution in [2.45, 2.75) is 115 Å². The van der Waals surface area contributed by atoms with Crippen LogP contribution in [0.5, 0.6) is 0 Å². The zero-order valence-corrected chi connectivity index (χ0v) is 20.7. The molecular weight excluding hydrogens is 376 g/mol. The molecule has 0 spiro atoms. The van der Waals surface area contributed by atoms with Crippen molar-refractivity contribution >= 4 is 8.80 Å². The summed E-state index contributed by atoms with van der Waals surface area (Å²) in [5, 5.41) is 0. The van der Waals surface area contributed by atoms with E-state index in [-0.39, 0.29) is 0 Å². The van der Waals surface area contributed by atoms with E-state index in [4.69, 9.17) is 13.3 Å². The van der Waals surface area contributed by atoms with Crippen molar-refractivity contribution in [3.8, 4) is 0 Å². The van der Waals surface area contributed by atoms with E-state index in [0.29, 0.717) is 0 Å². The zero-order chi connectivity index (χ0) is 21.0. The molecular formula is C25H48O3Si. The van der Waals surface area contributed by atoms with Crippen molar-refractivity contribution in [1.29, 1.82) is 0 Å². The number of hydrogen-bond donors (Lipinski definition) is 0. The van der Waals surface area contributed by atoms with Gasteiger partial charge in [-0.05, 0) is 25.7 Å². The van der Waals surface area contributed by atoms with Crippen molar-refractivity contribution in [2.24, 2.45) is 0 Å². The molecule has 0 bridgehead atoms. The molecule has 0 N–H and O–H groups in total. The Labute approximate surface area is 182 Å². The van der Waals surface area contributed by atoms with Gasteiger partial charge in [0.1, 0.15) is 0 Å². The molecule has 0 radical (unpaired) electrons. The van der Waals surface area contributed by atoms with E-state index in [1.54, 1.807) is 26.9 Å². The molecule has 0 heterocycles. The predicted octanol–water partition coefficient (Wildman–Crippen LogP) is 7.99. The van der Waals surface area contributed by atoms with Crippen LogP contribution in [0, 0.1) is 0 Å². The highest BCUT2D eigenvalue weighted by molar-refractivity contribution is 6.60. The monoisotopic (exact) mass is 424 g/mol. The molecule has 29 heavy (non-hydrogen) atoms. The molecule has 0 aliphatic heterocycles. The van der Waals surface area contributed by atoms with Gasteiger partial charge in [0, 0.05) is 27.4 Å². The molecule has 1 aliphatic carbocycles. The third-order valence-corrected chi connectivity index (χ3v) is 9.06. The number of unbranched alkanes of at least 4 members (excludes halogenated alkanes) is 14. The molecule has 0 aromatic carbocycles. The van der Waals surface area contributed by atoms with Gasteiger partial charge in [0.25, 0.3) is 0 Å². The Balaban J connectivity index is 1.74. The third-order valence-electron chi connectivity index (χ3n) is 6.23. The summed E-state index contributed by atoms with van der Waals surface area (Å²) in [6, 6.07) is 0.936. The highest BCUT2D eigenvalue weighted by Gasteiger charge is 2.36. The van der Waals surface area contributed by atoms with Gasteiger partial charge in [-0.25, -0.2) is 0 Å². The lowest BCUT2D eigenvalue weighted by Crippen LogP contribution is -2.42. The molecule has 1 aliphatic rings. The first-order chi connectivity index (χ1) is 14.3. The van der Waals surface area contributed by atoms with Gasteiger partial charge in [-0.3, -0.25) is 0 Å². The fraction of sp³-hybridized carbons (Fsp3) is 0.840. The Kier molecular flexibility index (Phi) is 16.8. The van der Waals surface area contributed by atoms with Crippen LogP contribution in [0.1, 0.15) is 109 Å². The smallest absolute Gasteiger partial charge is 0.377 e. The second-order valence-electron chi connectivity index (χ2n) is 8.52. The van der Waals surface area contributed by atoms with E-state index in [1.165, 1.54) is 96.3 Å². The van der Waals surface area contributed by atoms with Crippen LogP contribution >= 0.6 is 0 Å². The maximum absolute atomic E-state index is 5.47. The van der Waals surface area contributed by atoms with E-state index in [9.17, 15) is 0 Å². The number of allylic oxidation sites excluding steroid dienone is 4. The minimum atomic E-state index is -2.33. The van der Waals surface area contributed by atoms with Crippen LogP contribution in [0.15, 0.2) is 23.8 Å². The van der Waals surface area contributed by atoms with E-state index in [2.05, 4.69) is 18.2 Å². The standard InChI is InChI=1S/C25H48O3Si/c1-26-29(27-2,28-3)24-20-16-14-12-10-8-6-4-5-7-9-11-13-15-17-21-25-22-18-19-23-25/h18,22-23H,4-17,19-21,24H2,1-3H3. The Bertz CT molecular complexity index is 422. The van der Waals surface area contributed by atoms with Gasteiger partial charge in [-0.2, -0.15) is 0 Å². The fourth-order valence-corrected chi connectivity index (χ4v) is 6.01. The topological polar surface area (TPSA) is 27.7 Å². The third kappa shape index (κ3) is 13.5.